The predicted octanol–water partition coefficient (Wildman–Crippen LogP) is 0.333. The summed E-state index contributed by atoms with van der Waals surface area (Å²) >= 11 is 0. The third-order valence-corrected chi connectivity index (χ3v) is 2.13. The molecule has 0 spiro atoms. The van der Waals surface area contributed by atoms with Crippen LogP contribution >= 0.6 is 0 Å². The third-order valence-electron chi connectivity index (χ3n) is 2.13. The number of carbonyl (C=O) groups excluding carboxylic acids is 1. The van der Waals surface area contributed by atoms with E-state index in [1.807, 2.05) is 11.9 Å². The Kier molecular flexibility index (Phi) is 6.99. The molecule has 15 heavy (non-hydrogen) atoms. The highest BCUT2D eigenvalue weighted by molar-refractivity contribution is 5.77. The van der Waals surface area contributed by atoms with Crippen molar-refractivity contribution in [3.63, 3.8) is 0 Å². The van der Waals surface area contributed by atoms with Gasteiger partial charge in [0.1, 0.15) is 0 Å². The maximum absolute atomic E-state index is 11.3. The summed E-state index contributed by atoms with van der Waals surface area (Å²) in [5, 5.41) is 9.59. The number of aliphatic hydroxyl groups is 1. The molecular weight excluding hydrogens is 192 g/mol. The van der Waals surface area contributed by atoms with E-state index in [0.29, 0.717) is 19.5 Å². The molecule has 0 aromatic heterocycles. The van der Waals surface area contributed by atoms with E-state index in [4.69, 9.17) is 0 Å². The van der Waals surface area contributed by atoms with Crippen LogP contribution in [0.2, 0.25) is 0 Å². The Labute approximate surface area is 92.2 Å². The molecule has 0 fully saturated rings. The second-order valence-corrected chi connectivity index (χ2v) is 4.00. The van der Waals surface area contributed by atoms with Crippen LogP contribution in [0.15, 0.2) is 12.7 Å². The molecule has 0 aliphatic rings. The van der Waals surface area contributed by atoms with Crippen molar-refractivity contribution in [2.45, 2.75) is 18.9 Å². The molecule has 1 atom stereocenters. The lowest BCUT2D eigenvalue weighted by Gasteiger charge is -2.21. The number of amides is 1. The molecule has 0 aromatic rings. The average molecular weight is 214 g/mol. The van der Waals surface area contributed by atoms with Crippen LogP contribution in [-0.4, -0.2) is 61.2 Å². The zero-order valence-electron chi connectivity index (χ0n) is 9.94. The Morgan fingerprint density at radius 1 is 1.47 bits per heavy atom. The first-order valence-corrected chi connectivity index (χ1v) is 5.15. The molecule has 0 saturated carbocycles. The molecule has 4 nitrogen and oxygen atoms in total. The van der Waals surface area contributed by atoms with E-state index >= 15 is 0 Å². The minimum Gasteiger partial charge on any atom is -0.392 e. The van der Waals surface area contributed by atoms with Crippen LogP contribution < -0.4 is 0 Å². The van der Waals surface area contributed by atoms with Gasteiger partial charge in [0.2, 0.25) is 5.91 Å². The summed E-state index contributed by atoms with van der Waals surface area (Å²) in [7, 11) is 5.28. The van der Waals surface area contributed by atoms with Crippen molar-refractivity contribution in [1.29, 1.82) is 0 Å². The van der Waals surface area contributed by atoms with Crippen LogP contribution in [0.25, 0.3) is 0 Å². The van der Waals surface area contributed by atoms with Gasteiger partial charge >= 0.3 is 0 Å². The molecule has 0 heterocycles. The lowest BCUT2D eigenvalue weighted by Crippen LogP contribution is -2.38. The Morgan fingerprint density at radius 2 is 2.07 bits per heavy atom. The van der Waals surface area contributed by atoms with Gasteiger partial charge < -0.3 is 10.0 Å². The van der Waals surface area contributed by atoms with Gasteiger partial charge in [-0.15, -0.1) is 6.58 Å². The quantitative estimate of drug-likeness (QED) is 0.621. The average Bonchev–Trinajstić information content (AvgIpc) is 2.14. The zero-order chi connectivity index (χ0) is 11.8. The van der Waals surface area contributed by atoms with Gasteiger partial charge in [-0.1, -0.05) is 6.08 Å². The Hall–Kier alpha value is -0.870. The first-order valence-electron chi connectivity index (χ1n) is 5.15. The van der Waals surface area contributed by atoms with Gasteiger partial charge in [-0.05, 0) is 19.9 Å². The van der Waals surface area contributed by atoms with Crippen molar-refractivity contribution in [2.24, 2.45) is 0 Å². The largest absolute Gasteiger partial charge is 0.392 e. The van der Waals surface area contributed by atoms with Gasteiger partial charge in [0.05, 0.1) is 12.6 Å². The smallest absolute Gasteiger partial charge is 0.236 e. The van der Waals surface area contributed by atoms with Gasteiger partial charge in [0.25, 0.3) is 0 Å². The summed E-state index contributed by atoms with van der Waals surface area (Å²) in [6.07, 6.45) is 2.90. The normalized spacial score (nSPS) is 12.6. The van der Waals surface area contributed by atoms with Gasteiger partial charge in [-0.2, -0.15) is 0 Å². The number of hydrogen-bond donors (Lipinski definition) is 1. The van der Waals surface area contributed by atoms with Gasteiger partial charge in [0.15, 0.2) is 0 Å². The van der Waals surface area contributed by atoms with Crippen molar-refractivity contribution < 1.29 is 9.90 Å². The molecule has 1 amide bonds. The van der Waals surface area contributed by atoms with Gasteiger partial charge in [-0.3, -0.25) is 9.69 Å². The highest BCUT2D eigenvalue weighted by atomic mass is 16.3. The summed E-state index contributed by atoms with van der Waals surface area (Å²) in [5.41, 5.74) is 0. The molecular formula is C11H22N2O2. The maximum Gasteiger partial charge on any atom is 0.236 e. The summed E-state index contributed by atoms with van der Waals surface area (Å²) < 4.78 is 0. The first-order chi connectivity index (χ1) is 6.97. The number of aliphatic hydroxyl groups excluding tert-OH is 1. The summed E-state index contributed by atoms with van der Waals surface area (Å²) in [5.74, 6) is 0.0495. The van der Waals surface area contributed by atoms with Crippen LogP contribution in [0.3, 0.4) is 0 Å². The number of likely N-dealkylation sites (N-methyl/N-ethyl adjacent to an activating group) is 2. The standard InChI is InChI=1S/C11H22N2O2/c1-5-6-7-10(14)8-13(4)9-11(15)12(2)3/h5,10,14H,1,6-9H2,2-4H3. The van der Waals surface area contributed by atoms with Crippen molar-refractivity contribution >= 4 is 5.91 Å². The van der Waals surface area contributed by atoms with Crippen molar-refractivity contribution in [1.82, 2.24) is 9.80 Å². The number of nitrogens with zero attached hydrogens (tertiary/aromatic N) is 2. The van der Waals surface area contributed by atoms with Gasteiger partial charge in [-0.25, -0.2) is 0 Å². The SMILES string of the molecule is C=CCCC(O)CN(C)CC(=O)N(C)C. The van der Waals surface area contributed by atoms with Crippen LogP contribution in [0.5, 0.6) is 0 Å². The number of carbonyl (C=O) groups is 1. The topological polar surface area (TPSA) is 43.8 Å². The summed E-state index contributed by atoms with van der Waals surface area (Å²) in [4.78, 5) is 14.7. The molecule has 0 bridgehead atoms. The fourth-order valence-corrected chi connectivity index (χ4v) is 1.20. The Bertz CT molecular complexity index is 205. The van der Waals surface area contributed by atoms with Crippen LogP contribution in [0.4, 0.5) is 0 Å². The number of hydrogen-bond acceptors (Lipinski definition) is 3. The highest BCUT2D eigenvalue weighted by Gasteiger charge is 2.11. The summed E-state index contributed by atoms with van der Waals surface area (Å²) in [6.45, 7) is 4.46. The minimum atomic E-state index is -0.386. The second-order valence-electron chi connectivity index (χ2n) is 4.00. The van der Waals surface area contributed by atoms with E-state index in [9.17, 15) is 9.90 Å². The molecule has 4 heteroatoms. The molecule has 1 unspecified atom stereocenters. The Morgan fingerprint density at radius 3 is 2.53 bits per heavy atom. The molecule has 88 valence electrons. The molecule has 0 saturated heterocycles. The third kappa shape index (κ3) is 7.11. The number of allylic oxidation sites excluding steroid dienone is 1. The fourth-order valence-electron chi connectivity index (χ4n) is 1.20. The van der Waals surface area contributed by atoms with E-state index in [1.165, 1.54) is 0 Å². The summed E-state index contributed by atoms with van der Waals surface area (Å²) in [6, 6.07) is 0. The molecule has 0 radical (unpaired) electrons. The molecule has 0 aliphatic heterocycles. The monoisotopic (exact) mass is 214 g/mol. The van der Waals surface area contributed by atoms with Crippen LogP contribution in [0.1, 0.15) is 12.8 Å². The number of rotatable bonds is 7. The molecule has 0 rings (SSSR count). The van der Waals surface area contributed by atoms with Crippen molar-refractivity contribution in [2.75, 3.05) is 34.2 Å². The fraction of sp³-hybridized carbons (Fsp3) is 0.727. The lowest BCUT2D eigenvalue weighted by molar-refractivity contribution is -0.129. The van der Waals surface area contributed by atoms with Gasteiger partial charge in [0, 0.05) is 20.6 Å². The lowest BCUT2D eigenvalue weighted by atomic mass is 10.2. The van der Waals surface area contributed by atoms with Crippen LogP contribution in [0, 0.1) is 0 Å². The molecule has 0 aliphatic carbocycles. The zero-order valence-corrected chi connectivity index (χ0v) is 9.94. The van der Waals surface area contributed by atoms with E-state index in [1.54, 1.807) is 25.1 Å². The first kappa shape index (κ1) is 14.1. The molecule has 0 aromatic carbocycles. The van der Waals surface area contributed by atoms with E-state index < -0.39 is 0 Å². The van der Waals surface area contributed by atoms with E-state index in [2.05, 4.69) is 6.58 Å². The minimum absolute atomic E-state index is 0.0495. The van der Waals surface area contributed by atoms with Crippen molar-refractivity contribution in [3.05, 3.63) is 12.7 Å². The van der Waals surface area contributed by atoms with Crippen LogP contribution in [-0.2, 0) is 4.79 Å². The maximum atomic E-state index is 11.3. The Balaban J connectivity index is 3.76. The molecule has 1 N–H and O–H groups in total. The predicted molar refractivity (Wildman–Crippen MR) is 61.6 cm³/mol. The second kappa shape index (κ2) is 7.43. The van der Waals surface area contributed by atoms with Crippen molar-refractivity contribution in [3.8, 4) is 0 Å². The van der Waals surface area contributed by atoms with E-state index in [0.717, 1.165) is 6.42 Å². The van der Waals surface area contributed by atoms with E-state index in [-0.39, 0.29) is 12.0 Å². The highest BCUT2D eigenvalue weighted by Crippen LogP contribution is 1.99.